The molecule has 0 radical (unpaired) electrons. The Morgan fingerprint density at radius 1 is 1.00 bits per heavy atom. The van der Waals surface area contributed by atoms with Crippen molar-refractivity contribution in [3.63, 3.8) is 0 Å². The predicted molar refractivity (Wildman–Crippen MR) is 79.0 cm³/mol. The molecule has 0 aromatic rings. The third-order valence-corrected chi connectivity index (χ3v) is 5.50. The lowest BCUT2D eigenvalue weighted by molar-refractivity contribution is -0.0507. The van der Waals surface area contributed by atoms with E-state index in [1.807, 2.05) is 0 Å². The Morgan fingerprint density at radius 2 is 1.55 bits per heavy atom. The number of alkyl halides is 2. The van der Waals surface area contributed by atoms with E-state index in [-0.39, 0.29) is 6.04 Å². The molecule has 0 unspecified atom stereocenters. The number of hydrogen-bond donors (Lipinski definition) is 0. The topological polar surface area (TPSA) is 6.48 Å². The summed E-state index contributed by atoms with van der Waals surface area (Å²) in [5, 5.41) is 0. The van der Waals surface area contributed by atoms with Crippen molar-refractivity contribution < 1.29 is 8.78 Å². The third-order valence-electron chi connectivity index (χ3n) is 5.50. The second-order valence-corrected chi connectivity index (χ2v) is 6.77. The molecule has 0 bridgehead atoms. The maximum Gasteiger partial charge on any atom is 0.294 e. The highest BCUT2D eigenvalue weighted by molar-refractivity contribution is 4.81. The van der Waals surface area contributed by atoms with E-state index in [1.165, 1.54) is 43.5 Å². The van der Waals surface area contributed by atoms with E-state index < -0.39 is 6.55 Å². The average molecular weight is 288 g/mol. The van der Waals surface area contributed by atoms with E-state index in [9.17, 15) is 8.78 Å². The van der Waals surface area contributed by atoms with Crippen molar-refractivity contribution in [2.24, 2.45) is 11.8 Å². The fraction of sp³-hybridized carbons (Fsp3) is 1.00. The molecule has 0 N–H and O–H groups in total. The first-order valence-electron chi connectivity index (χ1n) is 8.32. The van der Waals surface area contributed by atoms with Crippen molar-refractivity contribution in [1.82, 2.24) is 9.80 Å². The van der Waals surface area contributed by atoms with Crippen molar-refractivity contribution in [3.05, 3.63) is 0 Å². The molecular formula is C16H30F2N2. The molecule has 0 aromatic carbocycles. The molecule has 118 valence electrons. The first kappa shape index (κ1) is 16.2. The van der Waals surface area contributed by atoms with Gasteiger partial charge in [0.2, 0.25) is 0 Å². The minimum Gasteiger partial charge on any atom is -0.303 e. The summed E-state index contributed by atoms with van der Waals surface area (Å²) in [6.07, 6.45) is 8.65. The minimum atomic E-state index is -2.31. The average Bonchev–Trinajstić information content (AvgIpc) is 2.48. The fourth-order valence-corrected chi connectivity index (χ4v) is 3.86. The van der Waals surface area contributed by atoms with Crippen LogP contribution in [-0.2, 0) is 0 Å². The smallest absolute Gasteiger partial charge is 0.294 e. The second kappa shape index (κ2) is 7.69. The van der Waals surface area contributed by atoms with Crippen LogP contribution >= 0.6 is 0 Å². The number of nitrogens with zero attached hydrogens (tertiary/aromatic N) is 2. The molecule has 1 heterocycles. The highest BCUT2D eigenvalue weighted by atomic mass is 19.3. The molecule has 1 aliphatic carbocycles. The summed E-state index contributed by atoms with van der Waals surface area (Å²) in [6, 6.07) is 0.0714. The lowest BCUT2D eigenvalue weighted by atomic mass is 9.80. The van der Waals surface area contributed by atoms with Crippen LogP contribution < -0.4 is 0 Å². The summed E-state index contributed by atoms with van der Waals surface area (Å²) in [5.41, 5.74) is 0. The van der Waals surface area contributed by atoms with Crippen LogP contribution in [0.3, 0.4) is 0 Å². The Morgan fingerprint density at radius 3 is 2.05 bits per heavy atom. The van der Waals surface area contributed by atoms with Gasteiger partial charge in [-0.1, -0.05) is 26.2 Å². The van der Waals surface area contributed by atoms with Gasteiger partial charge in [-0.15, -0.1) is 0 Å². The molecule has 20 heavy (non-hydrogen) atoms. The quantitative estimate of drug-likeness (QED) is 0.710. The van der Waals surface area contributed by atoms with Crippen LogP contribution in [0.25, 0.3) is 0 Å². The molecule has 2 fully saturated rings. The molecule has 0 aromatic heterocycles. The molecule has 1 aliphatic heterocycles. The Kier molecular flexibility index (Phi) is 6.21. The summed E-state index contributed by atoms with van der Waals surface area (Å²) >= 11 is 0. The van der Waals surface area contributed by atoms with Gasteiger partial charge < -0.3 is 4.90 Å². The molecule has 0 atom stereocenters. The monoisotopic (exact) mass is 288 g/mol. The molecule has 4 heteroatoms. The van der Waals surface area contributed by atoms with Crippen LogP contribution in [-0.4, -0.2) is 49.1 Å². The van der Waals surface area contributed by atoms with Crippen LogP contribution in [0.2, 0.25) is 0 Å². The van der Waals surface area contributed by atoms with E-state index in [0.717, 1.165) is 37.8 Å². The lowest BCUT2D eigenvalue weighted by Crippen LogP contribution is -2.46. The van der Waals surface area contributed by atoms with Crippen molar-refractivity contribution in [3.8, 4) is 0 Å². The largest absolute Gasteiger partial charge is 0.303 e. The second-order valence-electron chi connectivity index (χ2n) is 6.77. The minimum absolute atomic E-state index is 0.0714. The SMILES string of the molecule is CCC1CCC(CN2CCC(N(C)C(F)F)CC2)CC1. The Balaban J connectivity index is 1.67. The molecule has 2 aliphatic rings. The van der Waals surface area contributed by atoms with Gasteiger partial charge in [0, 0.05) is 12.6 Å². The van der Waals surface area contributed by atoms with Gasteiger partial charge >= 0.3 is 0 Å². The van der Waals surface area contributed by atoms with Gasteiger partial charge in [0.1, 0.15) is 0 Å². The molecule has 1 saturated heterocycles. The summed E-state index contributed by atoms with van der Waals surface area (Å²) < 4.78 is 25.3. The van der Waals surface area contributed by atoms with E-state index in [2.05, 4.69) is 11.8 Å². The maximum atomic E-state index is 12.7. The summed E-state index contributed by atoms with van der Waals surface area (Å²) in [6.45, 7) is 3.18. The van der Waals surface area contributed by atoms with Gasteiger partial charge in [0.15, 0.2) is 0 Å². The number of piperidine rings is 1. The van der Waals surface area contributed by atoms with Crippen LogP contribution in [0, 0.1) is 11.8 Å². The molecule has 1 saturated carbocycles. The van der Waals surface area contributed by atoms with Crippen molar-refractivity contribution >= 4 is 0 Å². The van der Waals surface area contributed by atoms with E-state index in [0.29, 0.717) is 0 Å². The van der Waals surface area contributed by atoms with Gasteiger partial charge in [-0.3, -0.25) is 0 Å². The van der Waals surface area contributed by atoms with Crippen molar-refractivity contribution in [1.29, 1.82) is 0 Å². The van der Waals surface area contributed by atoms with E-state index in [4.69, 9.17) is 0 Å². The normalized spacial score (nSPS) is 30.3. The third kappa shape index (κ3) is 4.39. The summed E-state index contributed by atoms with van der Waals surface area (Å²) in [5.74, 6) is 1.80. The van der Waals surface area contributed by atoms with Crippen LogP contribution in [0.5, 0.6) is 0 Å². The van der Waals surface area contributed by atoms with Gasteiger partial charge in [-0.2, -0.15) is 8.78 Å². The zero-order valence-corrected chi connectivity index (χ0v) is 13.0. The first-order chi connectivity index (χ1) is 9.60. The summed E-state index contributed by atoms with van der Waals surface area (Å²) in [4.78, 5) is 3.75. The number of halogens is 2. The Hall–Kier alpha value is -0.220. The Labute approximate surface area is 122 Å². The van der Waals surface area contributed by atoms with Gasteiger partial charge in [0.25, 0.3) is 6.55 Å². The van der Waals surface area contributed by atoms with Gasteiger partial charge in [-0.25, -0.2) is 4.90 Å². The molecule has 2 rings (SSSR count). The lowest BCUT2D eigenvalue weighted by Gasteiger charge is -2.39. The fourth-order valence-electron chi connectivity index (χ4n) is 3.86. The number of likely N-dealkylation sites (tertiary alicyclic amines) is 1. The van der Waals surface area contributed by atoms with Crippen molar-refractivity contribution in [2.45, 2.75) is 64.5 Å². The maximum absolute atomic E-state index is 12.7. The van der Waals surface area contributed by atoms with Crippen LogP contribution in [0.15, 0.2) is 0 Å². The molecular weight excluding hydrogens is 258 g/mol. The zero-order valence-electron chi connectivity index (χ0n) is 13.0. The van der Waals surface area contributed by atoms with E-state index in [1.54, 1.807) is 7.05 Å². The van der Waals surface area contributed by atoms with E-state index >= 15 is 0 Å². The standard InChI is InChI=1S/C16H30F2N2/c1-3-13-4-6-14(7-5-13)12-20-10-8-15(9-11-20)19(2)16(17)18/h13-16H,3-12H2,1-2H3. The van der Waals surface area contributed by atoms with Crippen molar-refractivity contribution in [2.75, 3.05) is 26.7 Å². The highest BCUT2D eigenvalue weighted by Gasteiger charge is 2.28. The summed E-state index contributed by atoms with van der Waals surface area (Å²) in [7, 11) is 1.55. The zero-order chi connectivity index (χ0) is 14.5. The molecule has 2 nitrogen and oxygen atoms in total. The predicted octanol–water partition coefficient (Wildman–Crippen LogP) is 3.82. The first-order valence-corrected chi connectivity index (χ1v) is 8.32. The molecule has 0 spiro atoms. The van der Waals surface area contributed by atoms with Gasteiger partial charge in [0.05, 0.1) is 0 Å². The highest BCUT2D eigenvalue weighted by Crippen LogP contribution is 2.31. The molecule has 0 amide bonds. The van der Waals surface area contributed by atoms with Crippen LogP contribution in [0.1, 0.15) is 51.9 Å². The van der Waals surface area contributed by atoms with Gasteiger partial charge in [-0.05, 0) is 57.7 Å². The number of rotatable bonds is 5. The van der Waals surface area contributed by atoms with Crippen LogP contribution in [0.4, 0.5) is 8.78 Å². The number of hydrogen-bond acceptors (Lipinski definition) is 2. The Bertz CT molecular complexity index is 270.